The van der Waals surface area contributed by atoms with Crippen molar-refractivity contribution in [2.24, 2.45) is 0 Å². The quantitative estimate of drug-likeness (QED) is 0.377. The molecule has 1 aliphatic carbocycles. The highest BCUT2D eigenvalue weighted by atomic mass is 35.5. The van der Waals surface area contributed by atoms with E-state index in [1.54, 1.807) is 18.3 Å². The summed E-state index contributed by atoms with van der Waals surface area (Å²) in [5, 5.41) is 3.88. The third kappa shape index (κ3) is 6.62. The Morgan fingerprint density at radius 1 is 1.11 bits per heavy atom. The maximum absolute atomic E-state index is 13.4. The van der Waals surface area contributed by atoms with Crippen molar-refractivity contribution in [2.75, 3.05) is 38.4 Å². The minimum Gasteiger partial charge on any atom is -0.487 e. The first-order chi connectivity index (χ1) is 18.4. The van der Waals surface area contributed by atoms with Gasteiger partial charge in [0, 0.05) is 42.5 Å². The average Bonchev–Trinajstić information content (AvgIpc) is 2.92. The van der Waals surface area contributed by atoms with E-state index in [0.717, 1.165) is 5.39 Å². The highest BCUT2D eigenvalue weighted by molar-refractivity contribution is 7.87. The van der Waals surface area contributed by atoms with Gasteiger partial charge in [0.25, 0.3) is 10.2 Å². The number of anilines is 1. The van der Waals surface area contributed by atoms with Crippen molar-refractivity contribution in [3.8, 4) is 11.5 Å². The number of benzene rings is 2. The zero-order chi connectivity index (χ0) is 26.5. The lowest BCUT2D eigenvalue weighted by atomic mass is 9.93. The molecule has 0 atom stereocenters. The van der Waals surface area contributed by atoms with Gasteiger partial charge in [-0.25, -0.2) is 14.4 Å². The fraction of sp³-hybridized carbons (Fsp3) is 0.440. The van der Waals surface area contributed by atoms with Crippen LogP contribution in [-0.2, 0) is 14.9 Å². The van der Waals surface area contributed by atoms with Crippen LogP contribution in [0.2, 0.25) is 5.02 Å². The summed E-state index contributed by atoms with van der Waals surface area (Å²) in [5.41, 5.74) is 1.31. The van der Waals surface area contributed by atoms with Crippen molar-refractivity contribution in [3.63, 3.8) is 0 Å². The average molecular weight is 566 g/mol. The van der Waals surface area contributed by atoms with Crippen LogP contribution in [0.25, 0.3) is 10.9 Å². The van der Waals surface area contributed by atoms with Gasteiger partial charge in [-0.3, -0.25) is 0 Å². The number of ether oxygens (including phenoxy) is 3. The number of hydrogen-bond donors (Lipinski definition) is 2. The van der Waals surface area contributed by atoms with E-state index in [0.29, 0.717) is 74.7 Å². The van der Waals surface area contributed by atoms with Crippen LogP contribution < -0.4 is 19.5 Å². The molecule has 13 heteroatoms. The summed E-state index contributed by atoms with van der Waals surface area (Å²) >= 11 is 5.86. The van der Waals surface area contributed by atoms with Crippen LogP contribution in [0.15, 0.2) is 42.9 Å². The Hall–Kier alpha value is -2.77. The second-order valence-electron chi connectivity index (χ2n) is 9.20. The molecule has 0 radical (unpaired) electrons. The summed E-state index contributed by atoms with van der Waals surface area (Å²) in [4.78, 5) is 8.39. The Bertz CT molecular complexity index is 1370. The predicted octanol–water partition coefficient (Wildman–Crippen LogP) is 3.73. The molecule has 1 saturated carbocycles. The molecule has 0 amide bonds. The first-order valence-electron chi connectivity index (χ1n) is 12.4. The smallest absolute Gasteiger partial charge is 0.279 e. The van der Waals surface area contributed by atoms with E-state index in [2.05, 4.69) is 20.0 Å². The molecule has 0 unspecified atom stereocenters. The summed E-state index contributed by atoms with van der Waals surface area (Å²) in [6, 6.07) is 7.82. The molecule has 2 N–H and O–H groups in total. The molecule has 2 aromatic carbocycles. The van der Waals surface area contributed by atoms with E-state index in [1.807, 2.05) is 6.07 Å². The van der Waals surface area contributed by atoms with Gasteiger partial charge >= 0.3 is 0 Å². The Kier molecular flexibility index (Phi) is 8.44. The molecule has 38 heavy (non-hydrogen) atoms. The number of rotatable bonds is 9. The Balaban J connectivity index is 1.21. The van der Waals surface area contributed by atoms with Crippen molar-refractivity contribution < 1.29 is 27.0 Å². The lowest BCUT2D eigenvalue weighted by molar-refractivity contribution is 0.0719. The normalized spacial score (nSPS) is 20.8. The Labute approximate surface area is 225 Å². The number of nitrogens with zero attached hydrogens (tertiary/aromatic N) is 3. The molecule has 0 bridgehead atoms. The van der Waals surface area contributed by atoms with Gasteiger partial charge in [0.1, 0.15) is 12.1 Å². The number of nitrogens with one attached hydrogen (secondary N) is 2. The molecule has 1 aromatic heterocycles. The molecule has 1 aliphatic heterocycles. The van der Waals surface area contributed by atoms with Crippen molar-refractivity contribution in [2.45, 2.75) is 37.8 Å². The molecular formula is C25H29ClFN5O5S. The van der Waals surface area contributed by atoms with Crippen molar-refractivity contribution in [1.29, 1.82) is 0 Å². The fourth-order valence-electron chi connectivity index (χ4n) is 4.55. The topological polar surface area (TPSA) is 115 Å². The van der Waals surface area contributed by atoms with Crippen LogP contribution in [0.4, 0.5) is 10.1 Å². The molecule has 1 saturated heterocycles. The van der Waals surface area contributed by atoms with E-state index in [4.69, 9.17) is 25.8 Å². The zero-order valence-electron chi connectivity index (χ0n) is 20.6. The van der Waals surface area contributed by atoms with E-state index in [-0.39, 0.29) is 23.9 Å². The third-order valence-corrected chi connectivity index (χ3v) is 8.55. The Morgan fingerprint density at radius 3 is 2.66 bits per heavy atom. The van der Waals surface area contributed by atoms with Gasteiger partial charge in [-0.15, -0.1) is 0 Å². The largest absolute Gasteiger partial charge is 0.487 e. The second kappa shape index (κ2) is 12.0. The standard InChI is InChI=1S/C25H29ClFN5O5S/c26-21-12-19(3-6-22(21)27)30-16-36-24-13-23-17(14-28-15-29-23)11-25(24)37-20-4-1-18(2-5-20)31-38(33,34)32-7-9-35-10-8-32/h3,6,11-15,18,20,30-31H,1-2,4-5,7-10,16H2/t18-,20-. The summed E-state index contributed by atoms with van der Waals surface area (Å²) in [6.07, 6.45) is 5.76. The van der Waals surface area contributed by atoms with Gasteiger partial charge in [0.05, 0.1) is 29.9 Å². The van der Waals surface area contributed by atoms with Crippen LogP contribution in [0.5, 0.6) is 11.5 Å². The van der Waals surface area contributed by atoms with E-state index in [9.17, 15) is 12.8 Å². The van der Waals surface area contributed by atoms with Gasteiger partial charge in [-0.2, -0.15) is 17.4 Å². The molecule has 204 valence electrons. The number of hydrogen-bond acceptors (Lipinski definition) is 8. The lowest BCUT2D eigenvalue weighted by Crippen LogP contribution is -2.50. The third-order valence-electron chi connectivity index (χ3n) is 6.59. The summed E-state index contributed by atoms with van der Waals surface area (Å²) in [6.45, 7) is 1.65. The maximum Gasteiger partial charge on any atom is 0.279 e. The summed E-state index contributed by atoms with van der Waals surface area (Å²) in [5.74, 6) is 0.544. The van der Waals surface area contributed by atoms with Gasteiger partial charge in [0.2, 0.25) is 0 Å². The highest BCUT2D eigenvalue weighted by Crippen LogP contribution is 2.35. The minimum atomic E-state index is -3.54. The minimum absolute atomic E-state index is 0.0178. The van der Waals surface area contributed by atoms with Crippen LogP contribution in [0.3, 0.4) is 0 Å². The fourth-order valence-corrected chi connectivity index (χ4v) is 6.16. The Morgan fingerprint density at radius 2 is 1.89 bits per heavy atom. The van der Waals surface area contributed by atoms with Crippen LogP contribution in [0, 0.1) is 5.82 Å². The molecule has 2 aliphatic rings. The first kappa shape index (κ1) is 26.8. The summed E-state index contributed by atoms with van der Waals surface area (Å²) < 4.78 is 60.7. The van der Waals surface area contributed by atoms with E-state index < -0.39 is 16.0 Å². The number of halogens is 2. The monoisotopic (exact) mass is 565 g/mol. The van der Waals surface area contributed by atoms with Crippen LogP contribution in [-0.4, -0.2) is 67.9 Å². The van der Waals surface area contributed by atoms with Gasteiger partial charge in [-0.1, -0.05) is 11.6 Å². The molecule has 2 heterocycles. The van der Waals surface area contributed by atoms with Gasteiger partial charge in [-0.05, 0) is 49.9 Å². The van der Waals surface area contributed by atoms with E-state index >= 15 is 0 Å². The number of aromatic nitrogens is 2. The molecular weight excluding hydrogens is 537 g/mol. The van der Waals surface area contributed by atoms with Crippen LogP contribution in [0.1, 0.15) is 25.7 Å². The van der Waals surface area contributed by atoms with Crippen molar-refractivity contribution in [1.82, 2.24) is 19.0 Å². The van der Waals surface area contributed by atoms with E-state index in [1.165, 1.54) is 22.8 Å². The SMILES string of the molecule is O=S(=O)(N[C@H]1CC[C@H](Oc2cc3cncnc3cc2OCNc2ccc(F)c(Cl)c2)CC1)N1CCOCC1. The second-order valence-corrected chi connectivity index (χ2v) is 11.3. The van der Waals surface area contributed by atoms with Crippen molar-refractivity contribution in [3.05, 3.63) is 53.7 Å². The van der Waals surface area contributed by atoms with Gasteiger partial charge in [0.15, 0.2) is 18.2 Å². The molecule has 10 nitrogen and oxygen atoms in total. The molecule has 5 rings (SSSR count). The lowest BCUT2D eigenvalue weighted by Gasteiger charge is -2.32. The summed E-state index contributed by atoms with van der Waals surface area (Å²) in [7, 11) is -3.54. The first-order valence-corrected chi connectivity index (χ1v) is 14.3. The molecule has 0 spiro atoms. The van der Waals surface area contributed by atoms with Crippen molar-refractivity contribution >= 4 is 38.4 Å². The van der Waals surface area contributed by atoms with Gasteiger partial charge < -0.3 is 19.5 Å². The maximum atomic E-state index is 13.4. The molecule has 3 aromatic rings. The number of fused-ring (bicyclic) bond motifs is 1. The highest BCUT2D eigenvalue weighted by Gasteiger charge is 2.30. The molecule has 2 fully saturated rings. The van der Waals surface area contributed by atoms with Crippen LogP contribution >= 0.6 is 11.6 Å². The number of morpholine rings is 1. The predicted molar refractivity (Wildman–Crippen MR) is 141 cm³/mol. The zero-order valence-corrected chi connectivity index (χ0v) is 22.2.